The second kappa shape index (κ2) is 7.81. The summed E-state index contributed by atoms with van der Waals surface area (Å²) >= 11 is 6.25. The predicted molar refractivity (Wildman–Crippen MR) is 115 cm³/mol. The minimum absolute atomic E-state index is 0.235. The molecule has 2 heterocycles. The number of carbonyl (C=O) groups is 2. The molecule has 0 aliphatic carbocycles. The van der Waals surface area contributed by atoms with Crippen molar-refractivity contribution in [1.29, 1.82) is 0 Å². The Balaban J connectivity index is 1.70. The van der Waals surface area contributed by atoms with Gasteiger partial charge in [0.05, 0.1) is 4.91 Å². The molecule has 0 unspecified atom stereocenters. The average Bonchev–Trinajstić information content (AvgIpc) is 3.16. The van der Waals surface area contributed by atoms with E-state index in [1.54, 1.807) is 18.2 Å². The molecule has 8 heteroatoms. The zero-order chi connectivity index (χ0) is 20.5. The number of aromatic nitrogens is 1. The molecule has 1 aliphatic rings. The largest absolute Gasteiger partial charge is 0.480 e. The molecule has 5 nitrogen and oxygen atoms in total. The van der Waals surface area contributed by atoms with Crippen molar-refractivity contribution in [3.63, 3.8) is 0 Å². The minimum atomic E-state index is -1.11. The molecule has 0 spiro atoms. The fraction of sp³-hybridized carbons (Fsp3) is 0.0952. The van der Waals surface area contributed by atoms with Crippen LogP contribution < -0.4 is 0 Å². The number of rotatable bonds is 5. The number of carboxylic acids is 1. The fourth-order valence-electron chi connectivity index (χ4n) is 3.22. The van der Waals surface area contributed by atoms with E-state index in [-0.39, 0.29) is 10.1 Å². The van der Waals surface area contributed by atoms with Crippen LogP contribution in [-0.2, 0) is 16.1 Å². The summed E-state index contributed by atoms with van der Waals surface area (Å²) in [6.07, 6.45) is 3.67. The van der Waals surface area contributed by atoms with Crippen molar-refractivity contribution in [3.8, 4) is 0 Å². The number of para-hydroxylation sites is 1. The molecular weight excluding hydrogens is 411 g/mol. The number of carboxylic acid groups (broad SMARTS) is 1. The van der Waals surface area contributed by atoms with E-state index in [0.29, 0.717) is 11.4 Å². The first-order valence-electron chi connectivity index (χ1n) is 8.72. The molecule has 1 amide bonds. The van der Waals surface area contributed by atoms with Gasteiger partial charge in [0.25, 0.3) is 5.91 Å². The van der Waals surface area contributed by atoms with Gasteiger partial charge >= 0.3 is 5.97 Å². The normalized spacial score (nSPS) is 15.6. The van der Waals surface area contributed by atoms with Gasteiger partial charge in [-0.05, 0) is 29.8 Å². The average molecular weight is 426 g/mol. The van der Waals surface area contributed by atoms with Crippen LogP contribution in [0.4, 0.5) is 4.39 Å². The molecule has 2 aromatic carbocycles. The van der Waals surface area contributed by atoms with Crippen LogP contribution in [0.2, 0.25) is 0 Å². The molecule has 1 aliphatic heterocycles. The lowest BCUT2D eigenvalue weighted by molar-refractivity contribution is -0.140. The van der Waals surface area contributed by atoms with Crippen LogP contribution in [0, 0.1) is 5.82 Å². The van der Waals surface area contributed by atoms with Crippen molar-refractivity contribution in [2.45, 2.75) is 6.54 Å². The molecule has 0 saturated carbocycles. The lowest BCUT2D eigenvalue weighted by Crippen LogP contribution is -2.33. The highest BCUT2D eigenvalue weighted by Crippen LogP contribution is 2.34. The van der Waals surface area contributed by atoms with E-state index in [1.807, 2.05) is 35.0 Å². The number of thioether (sulfide) groups is 1. The van der Waals surface area contributed by atoms with Gasteiger partial charge in [0.1, 0.15) is 16.7 Å². The monoisotopic (exact) mass is 426 g/mol. The molecule has 1 saturated heterocycles. The third-order valence-corrected chi connectivity index (χ3v) is 5.92. The number of halogens is 1. The van der Waals surface area contributed by atoms with Crippen LogP contribution in [0.25, 0.3) is 17.0 Å². The van der Waals surface area contributed by atoms with Gasteiger partial charge in [0.15, 0.2) is 0 Å². The number of hydrogen-bond donors (Lipinski definition) is 1. The summed E-state index contributed by atoms with van der Waals surface area (Å²) in [5.41, 5.74) is 2.76. The lowest BCUT2D eigenvalue weighted by atomic mass is 10.1. The third kappa shape index (κ3) is 3.94. The van der Waals surface area contributed by atoms with Crippen LogP contribution in [-0.4, -0.2) is 37.3 Å². The summed E-state index contributed by atoms with van der Waals surface area (Å²) in [6, 6.07) is 14.1. The number of benzene rings is 2. The number of hydrogen-bond acceptors (Lipinski definition) is 4. The third-order valence-electron chi connectivity index (χ3n) is 4.54. The Hall–Kier alpha value is -2.97. The standard InChI is InChI=1S/C21H15FN2O3S2/c22-15-7-5-13(6-8-15)10-23-11-14(16-3-1-2-4-17(16)23)9-18-20(27)24(12-19(25)26)21(28)29-18/h1-9,11H,10,12H2,(H,25,26)/b18-9+. The molecule has 0 atom stereocenters. The van der Waals surface area contributed by atoms with Gasteiger partial charge in [-0.3, -0.25) is 14.5 Å². The first kappa shape index (κ1) is 19.4. The van der Waals surface area contributed by atoms with Crippen molar-refractivity contribution in [3.05, 3.63) is 76.6 Å². The molecule has 146 valence electrons. The number of nitrogens with zero attached hydrogens (tertiary/aromatic N) is 2. The summed E-state index contributed by atoms with van der Waals surface area (Å²) in [5, 5.41) is 9.93. The van der Waals surface area contributed by atoms with E-state index >= 15 is 0 Å². The second-order valence-electron chi connectivity index (χ2n) is 6.52. The van der Waals surface area contributed by atoms with Crippen LogP contribution in [0.5, 0.6) is 0 Å². The van der Waals surface area contributed by atoms with Gasteiger partial charge in [-0.2, -0.15) is 0 Å². The van der Waals surface area contributed by atoms with Gasteiger partial charge in [0, 0.05) is 29.2 Å². The fourth-order valence-corrected chi connectivity index (χ4v) is 4.47. The Bertz CT molecular complexity index is 1170. The van der Waals surface area contributed by atoms with E-state index in [4.69, 9.17) is 17.3 Å². The predicted octanol–water partition coefficient (Wildman–Crippen LogP) is 4.11. The molecule has 0 radical (unpaired) electrons. The molecule has 3 aromatic rings. The van der Waals surface area contributed by atoms with Crippen molar-refractivity contribution in [1.82, 2.24) is 9.47 Å². The van der Waals surface area contributed by atoms with Crippen molar-refractivity contribution in [2.75, 3.05) is 6.54 Å². The van der Waals surface area contributed by atoms with Crippen molar-refractivity contribution >= 4 is 57.2 Å². The van der Waals surface area contributed by atoms with Gasteiger partial charge in [0.2, 0.25) is 0 Å². The quantitative estimate of drug-likeness (QED) is 0.491. The highest BCUT2D eigenvalue weighted by Gasteiger charge is 2.33. The maximum atomic E-state index is 13.2. The highest BCUT2D eigenvalue weighted by molar-refractivity contribution is 8.26. The van der Waals surface area contributed by atoms with Gasteiger partial charge in [-0.15, -0.1) is 0 Å². The van der Waals surface area contributed by atoms with Gasteiger partial charge in [-0.1, -0.05) is 54.3 Å². The minimum Gasteiger partial charge on any atom is -0.480 e. The van der Waals surface area contributed by atoms with E-state index in [0.717, 1.165) is 38.7 Å². The second-order valence-corrected chi connectivity index (χ2v) is 8.19. The molecule has 1 aromatic heterocycles. The summed E-state index contributed by atoms with van der Waals surface area (Å²) in [5.74, 6) is -1.80. The molecule has 29 heavy (non-hydrogen) atoms. The van der Waals surface area contributed by atoms with E-state index in [2.05, 4.69) is 0 Å². The van der Waals surface area contributed by atoms with E-state index in [1.165, 1.54) is 12.1 Å². The van der Waals surface area contributed by atoms with Crippen molar-refractivity contribution in [2.24, 2.45) is 0 Å². The summed E-state index contributed by atoms with van der Waals surface area (Å²) in [6.45, 7) is 0.100. The van der Waals surface area contributed by atoms with Crippen LogP contribution in [0.15, 0.2) is 59.6 Å². The Morgan fingerprint density at radius 2 is 1.90 bits per heavy atom. The summed E-state index contributed by atoms with van der Waals surface area (Å²) < 4.78 is 15.5. The van der Waals surface area contributed by atoms with Gasteiger partial charge < -0.3 is 9.67 Å². The first-order chi connectivity index (χ1) is 13.9. The van der Waals surface area contributed by atoms with Crippen LogP contribution in [0.1, 0.15) is 11.1 Å². The number of thiocarbonyl (C=S) groups is 1. The van der Waals surface area contributed by atoms with Gasteiger partial charge in [-0.25, -0.2) is 4.39 Å². The zero-order valence-electron chi connectivity index (χ0n) is 15.0. The number of carbonyl (C=O) groups excluding carboxylic acids is 1. The maximum absolute atomic E-state index is 13.2. The Morgan fingerprint density at radius 1 is 1.17 bits per heavy atom. The summed E-state index contributed by atoms with van der Waals surface area (Å²) in [7, 11) is 0. The van der Waals surface area contributed by atoms with E-state index in [9.17, 15) is 14.0 Å². The smallest absolute Gasteiger partial charge is 0.323 e. The Labute approximate surface area is 175 Å². The molecule has 1 N–H and O–H groups in total. The molecular formula is C21H15FN2O3S2. The number of fused-ring (bicyclic) bond motifs is 1. The van der Waals surface area contributed by atoms with Crippen LogP contribution in [0.3, 0.4) is 0 Å². The number of amides is 1. The molecule has 0 bridgehead atoms. The van der Waals surface area contributed by atoms with Crippen LogP contribution >= 0.6 is 24.0 Å². The topological polar surface area (TPSA) is 62.5 Å². The lowest BCUT2D eigenvalue weighted by Gasteiger charge is -2.10. The molecule has 4 rings (SSSR count). The highest BCUT2D eigenvalue weighted by atomic mass is 32.2. The maximum Gasteiger partial charge on any atom is 0.323 e. The Kier molecular flexibility index (Phi) is 5.21. The van der Waals surface area contributed by atoms with Crippen molar-refractivity contribution < 1.29 is 19.1 Å². The first-order valence-corrected chi connectivity index (χ1v) is 9.94. The Morgan fingerprint density at radius 3 is 2.62 bits per heavy atom. The molecule has 1 fully saturated rings. The van der Waals surface area contributed by atoms with E-state index < -0.39 is 18.4 Å². The summed E-state index contributed by atoms with van der Waals surface area (Å²) in [4.78, 5) is 25.0. The zero-order valence-corrected chi connectivity index (χ0v) is 16.7. The SMILES string of the molecule is O=C(O)CN1C(=O)/C(=C\c2cn(Cc3ccc(F)cc3)c3ccccc23)SC1=S. The number of aliphatic carboxylic acids is 1.